The van der Waals surface area contributed by atoms with Crippen LogP contribution in [0.15, 0.2) is 41.3 Å². The maximum absolute atomic E-state index is 13.4. The van der Waals surface area contributed by atoms with Crippen LogP contribution in [-0.4, -0.2) is 6.26 Å². The van der Waals surface area contributed by atoms with E-state index in [1.54, 1.807) is 25.1 Å². The van der Waals surface area contributed by atoms with Gasteiger partial charge in [-0.15, -0.1) is 11.8 Å². The minimum atomic E-state index is -0.242. The van der Waals surface area contributed by atoms with Gasteiger partial charge in [-0.2, -0.15) is 0 Å². The molecule has 0 radical (unpaired) electrons. The van der Waals surface area contributed by atoms with Crippen LogP contribution in [-0.2, 0) is 0 Å². The quantitative estimate of drug-likeness (QED) is 0.698. The van der Waals surface area contributed by atoms with Gasteiger partial charge in [0.2, 0.25) is 0 Å². The molecule has 0 aliphatic heterocycles. The van der Waals surface area contributed by atoms with Gasteiger partial charge in [-0.1, -0.05) is 18.2 Å². The molecule has 0 amide bonds. The third kappa shape index (κ3) is 2.50. The number of aryl methyl sites for hydroxylation is 1. The Morgan fingerprint density at radius 1 is 0.882 bits per heavy atom. The molecule has 2 rings (SSSR count). The van der Waals surface area contributed by atoms with Crippen LogP contribution in [0.5, 0.6) is 0 Å². The molecule has 17 heavy (non-hydrogen) atoms. The fourth-order valence-corrected chi connectivity index (χ4v) is 2.12. The molecule has 0 unspecified atom stereocenters. The van der Waals surface area contributed by atoms with Crippen molar-refractivity contribution in [3.63, 3.8) is 0 Å². The second-order valence-corrected chi connectivity index (χ2v) is 4.66. The Morgan fingerprint density at radius 3 is 2.18 bits per heavy atom. The molecule has 3 heteroatoms. The number of hydrogen-bond donors (Lipinski definition) is 0. The Balaban J connectivity index is 2.49. The van der Waals surface area contributed by atoms with Gasteiger partial charge >= 0.3 is 0 Å². The Labute approximate surface area is 104 Å². The van der Waals surface area contributed by atoms with Crippen LogP contribution in [0.3, 0.4) is 0 Å². The van der Waals surface area contributed by atoms with E-state index >= 15 is 0 Å². The molecule has 0 fully saturated rings. The summed E-state index contributed by atoms with van der Waals surface area (Å²) < 4.78 is 26.8. The van der Waals surface area contributed by atoms with Crippen molar-refractivity contribution in [3.8, 4) is 11.1 Å². The lowest BCUT2D eigenvalue weighted by Crippen LogP contribution is -1.86. The number of hydrogen-bond acceptors (Lipinski definition) is 1. The largest absolute Gasteiger partial charge is 0.207 e. The molecule has 2 aromatic carbocycles. The average molecular weight is 250 g/mol. The van der Waals surface area contributed by atoms with E-state index in [1.165, 1.54) is 23.9 Å². The zero-order chi connectivity index (χ0) is 12.4. The summed E-state index contributed by atoms with van der Waals surface area (Å²) in [6, 6.07) is 9.87. The Kier molecular flexibility index (Phi) is 3.48. The van der Waals surface area contributed by atoms with Gasteiger partial charge in [0.15, 0.2) is 0 Å². The highest BCUT2D eigenvalue weighted by atomic mass is 32.2. The highest BCUT2D eigenvalue weighted by Gasteiger charge is 2.06. The molecule has 0 saturated heterocycles. The first kappa shape index (κ1) is 12.1. The number of thioether (sulfide) groups is 1. The zero-order valence-corrected chi connectivity index (χ0v) is 10.4. The van der Waals surface area contributed by atoms with Gasteiger partial charge < -0.3 is 0 Å². The van der Waals surface area contributed by atoms with E-state index in [1.807, 2.05) is 12.3 Å². The SMILES string of the molecule is CSc1cc(-c2ccc(C)c(F)c2)ccc1F. The lowest BCUT2D eigenvalue weighted by Gasteiger charge is -2.06. The summed E-state index contributed by atoms with van der Waals surface area (Å²) in [6.07, 6.45) is 1.82. The van der Waals surface area contributed by atoms with E-state index in [9.17, 15) is 8.78 Å². The molecule has 0 aliphatic carbocycles. The smallest absolute Gasteiger partial charge is 0.136 e. The topological polar surface area (TPSA) is 0 Å². The van der Waals surface area contributed by atoms with Crippen molar-refractivity contribution >= 4 is 11.8 Å². The standard InChI is InChI=1S/C14H12F2S/c1-9-3-4-10(7-13(9)16)11-5-6-12(15)14(8-11)17-2/h3-8H,1-2H3. The number of halogens is 2. The van der Waals surface area contributed by atoms with Gasteiger partial charge in [-0.3, -0.25) is 0 Å². The second kappa shape index (κ2) is 4.88. The van der Waals surface area contributed by atoms with Crippen molar-refractivity contribution in [2.24, 2.45) is 0 Å². The summed E-state index contributed by atoms with van der Waals surface area (Å²) in [5.74, 6) is -0.480. The van der Waals surface area contributed by atoms with Crippen molar-refractivity contribution in [2.75, 3.05) is 6.26 Å². The normalized spacial score (nSPS) is 10.6. The minimum absolute atomic E-state index is 0.238. The van der Waals surface area contributed by atoms with Gasteiger partial charge in [0.05, 0.1) is 0 Å². The first-order valence-corrected chi connectivity index (χ1v) is 6.44. The molecule has 0 aliphatic rings. The van der Waals surface area contributed by atoms with Crippen LogP contribution in [0.4, 0.5) is 8.78 Å². The summed E-state index contributed by atoms with van der Waals surface area (Å²) in [5, 5.41) is 0. The van der Waals surface area contributed by atoms with E-state index in [2.05, 4.69) is 0 Å². The second-order valence-electron chi connectivity index (χ2n) is 3.81. The van der Waals surface area contributed by atoms with Gasteiger partial charge in [0.1, 0.15) is 11.6 Å². The van der Waals surface area contributed by atoms with Crippen molar-refractivity contribution in [2.45, 2.75) is 11.8 Å². The molecule has 0 nitrogen and oxygen atoms in total. The lowest BCUT2D eigenvalue weighted by atomic mass is 10.0. The molecule has 0 heterocycles. The predicted octanol–water partition coefficient (Wildman–Crippen LogP) is 4.66. The van der Waals surface area contributed by atoms with E-state index in [0.29, 0.717) is 10.5 Å². The molecule has 0 saturated carbocycles. The average Bonchev–Trinajstić information content (AvgIpc) is 2.33. The molecular formula is C14H12F2S. The predicted molar refractivity (Wildman–Crippen MR) is 68.3 cm³/mol. The summed E-state index contributed by atoms with van der Waals surface area (Å²) in [7, 11) is 0. The third-order valence-corrected chi connectivity index (χ3v) is 3.41. The first-order valence-electron chi connectivity index (χ1n) is 5.22. The maximum Gasteiger partial charge on any atom is 0.136 e. The van der Waals surface area contributed by atoms with E-state index in [0.717, 1.165) is 11.1 Å². The van der Waals surface area contributed by atoms with Crippen molar-refractivity contribution in [1.82, 2.24) is 0 Å². The molecule has 0 spiro atoms. The lowest BCUT2D eigenvalue weighted by molar-refractivity contribution is 0.602. The molecule has 2 aromatic rings. The molecular weight excluding hydrogens is 238 g/mol. The fourth-order valence-electron chi connectivity index (χ4n) is 1.61. The highest BCUT2D eigenvalue weighted by molar-refractivity contribution is 7.98. The van der Waals surface area contributed by atoms with Crippen LogP contribution >= 0.6 is 11.8 Å². The van der Waals surface area contributed by atoms with Crippen LogP contribution in [0.25, 0.3) is 11.1 Å². The Hall–Kier alpha value is -1.35. The maximum atomic E-state index is 13.4. The van der Waals surface area contributed by atoms with Crippen molar-refractivity contribution in [3.05, 3.63) is 53.6 Å². The van der Waals surface area contributed by atoms with Crippen LogP contribution in [0.1, 0.15) is 5.56 Å². The summed E-state index contributed by atoms with van der Waals surface area (Å²) >= 11 is 1.34. The molecule has 0 bridgehead atoms. The number of rotatable bonds is 2. The Morgan fingerprint density at radius 2 is 1.53 bits per heavy atom. The van der Waals surface area contributed by atoms with Gasteiger partial charge in [-0.25, -0.2) is 8.78 Å². The highest BCUT2D eigenvalue weighted by Crippen LogP contribution is 2.27. The monoisotopic (exact) mass is 250 g/mol. The fraction of sp³-hybridized carbons (Fsp3) is 0.143. The van der Waals surface area contributed by atoms with Crippen molar-refractivity contribution < 1.29 is 8.78 Å². The molecule has 88 valence electrons. The Bertz CT molecular complexity index is 550. The first-order chi connectivity index (χ1) is 8.11. The van der Waals surface area contributed by atoms with E-state index in [-0.39, 0.29) is 11.6 Å². The van der Waals surface area contributed by atoms with E-state index < -0.39 is 0 Å². The molecule has 0 atom stereocenters. The molecule has 0 aromatic heterocycles. The van der Waals surface area contributed by atoms with Crippen LogP contribution in [0.2, 0.25) is 0 Å². The van der Waals surface area contributed by atoms with Gasteiger partial charge in [0.25, 0.3) is 0 Å². The van der Waals surface area contributed by atoms with Crippen LogP contribution < -0.4 is 0 Å². The zero-order valence-electron chi connectivity index (χ0n) is 9.63. The molecule has 0 N–H and O–H groups in total. The summed E-state index contributed by atoms with van der Waals surface area (Å²) in [4.78, 5) is 0.573. The third-order valence-electron chi connectivity index (χ3n) is 2.66. The van der Waals surface area contributed by atoms with Crippen LogP contribution in [0, 0.1) is 18.6 Å². The van der Waals surface area contributed by atoms with Crippen molar-refractivity contribution in [1.29, 1.82) is 0 Å². The van der Waals surface area contributed by atoms with Gasteiger partial charge in [0, 0.05) is 4.90 Å². The summed E-state index contributed by atoms with van der Waals surface area (Å²) in [6.45, 7) is 1.72. The number of benzene rings is 2. The summed E-state index contributed by atoms with van der Waals surface area (Å²) in [5.41, 5.74) is 2.21. The van der Waals surface area contributed by atoms with Gasteiger partial charge in [-0.05, 0) is 48.1 Å². The minimum Gasteiger partial charge on any atom is -0.207 e. The van der Waals surface area contributed by atoms with E-state index in [4.69, 9.17) is 0 Å².